The Labute approximate surface area is 269 Å². The Morgan fingerprint density at radius 3 is 1.93 bits per heavy atom. The van der Waals surface area contributed by atoms with Crippen LogP contribution in [0.5, 0.6) is 0 Å². The van der Waals surface area contributed by atoms with E-state index < -0.39 is 28.5 Å². The maximum Gasteiger partial charge on any atom is 0.264 e. The van der Waals surface area contributed by atoms with Crippen LogP contribution in [0, 0.1) is 6.92 Å². The number of carbonyl (C=O) groups excluding carboxylic acids is 2. The third-order valence-corrected chi connectivity index (χ3v) is 9.52. The quantitative estimate of drug-likeness (QED) is 0.186. The van der Waals surface area contributed by atoms with Crippen molar-refractivity contribution in [3.05, 3.63) is 130 Å². The molecule has 0 aliphatic carbocycles. The number of sulfonamides is 1. The van der Waals surface area contributed by atoms with Crippen LogP contribution in [0.4, 0.5) is 5.69 Å². The molecule has 2 amide bonds. The van der Waals surface area contributed by atoms with E-state index in [1.54, 1.807) is 60.7 Å². The van der Waals surface area contributed by atoms with E-state index in [4.69, 9.17) is 23.2 Å². The van der Waals surface area contributed by atoms with Gasteiger partial charge in [-0.3, -0.25) is 13.9 Å². The second kappa shape index (κ2) is 14.8. The Balaban J connectivity index is 1.82. The second-order valence-electron chi connectivity index (χ2n) is 10.8. The molecule has 0 saturated heterocycles. The van der Waals surface area contributed by atoms with E-state index in [1.807, 2.05) is 51.1 Å². The van der Waals surface area contributed by atoms with Gasteiger partial charge >= 0.3 is 0 Å². The average Bonchev–Trinajstić information content (AvgIpc) is 2.99. The first-order valence-electron chi connectivity index (χ1n) is 14.2. The molecule has 0 saturated carbocycles. The van der Waals surface area contributed by atoms with Gasteiger partial charge < -0.3 is 10.2 Å². The van der Waals surface area contributed by atoms with E-state index in [0.717, 1.165) is 15.4 Å². The van der Waals surface area contributed by atoms with Crippen molar-refractivity contribution in [3.63, 3.8) is 0 Å². The third kappa shape index (κ3) is 8.20. The highest BCUT2D eigenvalue weighted by molar-refractivity contribution is 7.92. The molecule has 0 bridgehead atoms. The van der Waals surface area contributed by atoms with E-state index >= 15 is 0 Å². The minimum Gasteiger partial charge on any atom is -0.352 e. The SMILES string of the molecule is Cc1ccc(S(=O)(=O)N(CC(=O)N(Cc2c(Cl)cccc2Cl)[C@@H](Cc2ccccc2)C(=O)NC(C)C)c2ccccc2)cc1. The van der Waals surface area contributed by atoms with Crippen molar-refractivity contribution in [1.82, 2.24) is 10.2 Å². The van der Waals surface area contributed by atoms with E-state index in [1.165, 1.54) is 17.0 Å². The van der Waals surface area contributed by atoms with Crippen LogP contribution in [0.25, 0.3) is 0 Å². The Hall–Kier alpha value is -3.85. The van der Waals surface area contributed by atoms with Gasteiger partial charge in [-0.2, -0.15) is 0 Å². The van der Waals surface area contributed by atoms with Crippen LogP contribution < -0.4 is 9.62 Å². The lowest BCUT2D eigenvalue weighted by atomic mass is 10.0. The van der Waals surface area contributed by atoms with Crippen LogP contribution in [0.15, 0.2) is 108 Å². The zero-order chi connectivity index (χ0) is 31.9. The number of hydrogen-bond acceptors (Lipinski definition) is 4. The molecule has 4 aromatic rings. The van der Waals surface area contributed by atoms with Gasteiger partial charge in [-0.05, 0) is 62.7 Å². The van der Waals surface area contributed by atoms with Crippen LogP contribution in [0.3, 0.4) is 0 Å². The van der Waals surface area contributed by atoms with Crippen LogP contribution in [-0.4, -0.2) is 43.8 Å². The van der Waals surface area contributed by atoms with E-state index in [9.17, 15) is 18.0 Å². The van der Waals surface area contributed by atoms with Crippen molar-refractivity contribution in [3.8, 4) is 0 Å². The van der Waals surface area contributed by atoms with Gasteiger partial charge in [-0.15, -0.1) is 0 Å². The fourth-order valence-electron chi connectivity index (χ4n) is 4.75. The topological polar surface area (TPSA) is 86.8 Å². The molecule has 44 heavy (non-hydrogen) atoms. The maximum atomic E-state index is 14.5. The highest BCUT2D eigenvalue weighted by Crippen LogP contribution is 2.29. The molecule has 0 fully saturated rings. The first-order valence-corrected chi connectivity index (χ1v) is 16.4. The summed E-state index contributed by atoms with van der Waals surface area (Å²) in [6, 6.07) is 28.0. The first kappa shape index (κ1) is 33.1. The molecule has 4 aromatic carbocycles. The monoisotopic (exact) mass is 651 g/mol. The predicted octanol–water partition coefficient (Wildman–Crippen LogP) is 6.66. The van der Waals surface area contributed by atoms with Crippen molar-refractivity contribution < 1.29 is 18.0 Å². The molecule has 0 spiro atoms. The maximum absolute atomic E-state index is 14.5. The number of benzene rings is 4. The van der Waals surface area contributed by atoms with Crippen molar-refractivity contribution in [2.45, 2.75) is 50.7 Å². The average molecular weight is 653 g/mol. The van der Waals surface area contributed by atoms with Crippen molar-refractivity contribution in [2.75, 3.05) is 10.8 Å². The highest BCUT2D eigenvalue weighted by Gasteiger charge is 2.35. The van der Waals surface area contributed by atoms with Gasteiger partial charge in [0.05, 0.1) is 10.6 Å². The Morgan fingerprint density at radius 2 is 1.36 bits per heavy atom. The molecule has 1 atom stereocenters. The molecule has 10 heteroatoms. The van der Waals surface area contributed by atoms with Gasteiger partial charge in [0.25, 0.3) is 10.0 Å². The van der Waals surface area contributed by atoms with Crippen molar-refractivity contribution in [1.29, 1.82) is 0 Å². The molecule has 0 radical (unpaired) electrons. The zero-order valence-electron chi connectivity index (χ0n) is 24.8. The number of anilines is 1. The molecule has 7 nitrogen and oxygen atoms in total. The lowest BCUT2D eigenvalue weighted by molar-refractivity contribution is -0.140. The number of nitrogens with one attached hydrogen (secondary N) is 1. The number of aryl methyl sites for hydroxylation is 1. The lowest BCUT2D eigenvalue weighted by Crippen LogP contribution is -2.54. The number of hydrogen-bond donors (Lipinski definition) is 1. The zero-order valence-corrected chi connectivity index (χ0v) is 27.1. The standard InChI is InChI=1S/C34H35Cl2N3O4S/c1-24(2)37-34(41)32(21-26-11-6-4-7-12-26)38(22-29-30(35)15-10-16-31(29)36)33(40)23-39(27-13-8-5-9-14-27)44(42,43)28-19-17-25(3)18-20-28/h4-20,24,32H,21-23H2,1-3H3,(H,37,41)/t32-/m0/s1. The Morgan fingerprint density at radius 1 is 0.795 bits per heavy atom. The van der Waals surface area contributed by atoms with Crippen LogP contribution in [0.1, 0.15) is 30.5 Å². The molecule has 1 N–H and O–H groups in total. The number of amides is 2. The summed E-state index contributed by atoms with van der Waals surface area (Å²) in [7, 11) is -4.18. The van der Waals surface area contributed by atoms with Gasteiger partial charge in [0.15, 0.2) is 0 Å². The molecule has 0 heterocycles. The summed E-state index contributed by atoms with van der Waals surface area (Å²) in [5.74, 6) is -0.978. The van der Waals surface area contributed by atoms with Gasteiger partial charge in [0, 0.05) is 34.6 Å². The van der Waals surface area contributed by atoms with Gasteiger partial charge in [0.2, 0.25) is 11.8 Å². The normalized spacial score (nSPS) is 12.0. The summed E-state index contributed by atoms with van der Waals surface area (Å²) in [6.45, 7) is 4.84. The highest BCUT2D eigenvalue weighted by atomic mass is 35.5. The van der Waals surface area contributed by atoms with Crippen molar-refractivity contribution in [2.24, 2.45) is 0 Å². The number of nitrogens with zero attached hydrogens (tertiary/aromatic N) is 2. The van der Waals surface area contributed by atoms with Crippen molar-refractivity contribution >= 4 is 50.7 Å². The molecule has 0 unspecified atom stereocenters. The predicted molar refractivity (Wildman–Crippen MR) is 176 cm³/mol. The van der Waals surface area contributed by atoms with E-state index in [0.29, 0.717) is 21.3 Å². The summed E-state index contributed by atoms with van der Waals surface area (Å²) in [6.07, 6.45) is 0.184. The summed E-state index contributed by atoms with van der Waals surface area (Å²) in [5, 5.41) is 3.58. The summed E-state index contributed by atoms with van der Waals surface area (Å²) in [4.78, 5) is 29.6. The number of halogens is 2. The summed E-state index contributed by atoms with van der Waals surface area (Å²) in [5.41, 5.74) is 2.48. The largest absolute Gasteiger partial charge is 0.352 e. The summed E-state index contributed by atoms with van der Waals surface area (Å²) < 4.78 is 29.2. The molecular weight excluding hydrogens is 617 g/mol. The molecule has 0 aliphatic rings. The molecule has 0 aromatic heterocycles. The molecular formula is C34H35Cl2N3O4S. The van der Waals surface area contributed by atoms with Crippen LogP contribution in [0.2, 0.25) is 10.0 Å². The molecule has 230 valence electrons. The second-order valence-corrected chi connectivity index (χ2v) is 13.4. The third-order valence-electron chi connectivity index (χ3n) is 7.02. The minimum absolute atomic E-state index is 0.0406. The van der Waals surface area contributed by atoms with Gasteiger partial charge in [-0.1, -0.05) is 95.5 Å². The van der Waals surface area contributed by atoms with Crippen LogP contribution >= 0.6 is 23.2 Å². The van der Waals surface area contributed by atoms with E-state index in [2.05, 4.69) is 5.32 Å². The minimum atomic E-state index is -4.18. The summed E-state index contributed by atoms with van der Waals surface area (Å²) >= 11 is 13.1. The first-order chi connectivity index (χ1) is 21.0. The smallest absolute Gasteiger partial charge is 0.264 e. The van der Waals surface area contributed by atoms with Crippen LogP contribution in [-0.2, 0) is 32.6 Å². The fourth-order valence-corrected chi connectivity index (χ4v) is 6.68. The Bertz CT molecular complexity index is 1660. The lowest BCUT2D eigenvalue weighted by Gasteiger charge is -2.34. The number of carbonyl (C=O) groups is 2. The van der Waals surface area contributed by atoms with Gasteiger partial charge in [-0.25, -0.2) is 8.42 Å². The van der Waals surface area contributed by atoms with Gasteiger partial charge in [0.1, 0.15) is 12.6 Å². The molecule has 0 aliphatic heterocycles. The fraction of sp³-hybridized carbons (Fsp3) is 0.235. The number of rotatable bonds is 12. The Kier molecular flexibility index (Phi) is 11.1. The molecule has 4 rings (SSSR count). The van der Waals surface area contributed by atoms with E-state index in [-0.39, 0.29) is 29.8 Å². The number of para-hydroxylation sites is 1.